The lowest BCUT2D eigenvalue weighted by atomic mass is 10.0. The number of hydrogen-bond acceptors (Lipinski definition) is 7. The Bertz CT molecular complexity index is 920. The van der Waals surface area contributed by atoms with Crippen molar-refractivity contribution in [1.82, 2.24) is 25.3 Å². The van der Waals surface area contributed by atoms with Crippen molar-refractivity contribution < 1.29 is 9.32 Å². The summed E-state index contributed by atoms with van der Waals surface area (Å²) >= 11 is 0. The fraction of sp³-hybridized carbons (Fsp3) is 0.714. The van der Waals surface area contributed by atoms with Gasteiger partial charge in [0.2, 0.25) is 5.91 Å². The Hall–Kier alpha value is -2.22. The Morgan fingerprint density at radius 1 is 1.17 bits per heavy atom. The number of anilines is 1. The van der Waals surface area contributed by atoms with Crippen molar-refractivity contribution in [2.45, 2.75) is 26.2 Å². The van der Waals surface area contributed by atoms with Crippen molar-refractivity contribution in [3.05, 3.63) is 12.0 Å². The molecule has 1 amide bonds. The normalized spacial score (nSPS) is 33.3. The monoisotopic (exact) mass is 396 g/mol. The van der Waals surface area contributed by atoms with E-state index in [1.807, 2.05) is 6.92 Å². The first kappa shape index (κ1) is 17.6. The third-order valence-corrected chi connectivity index (χ3v) is 7.86. The van der Waals surface area contributed by atoms with Gasteiger partial charge in [0.25, 0.3) is 5.71 Å². The molecule has 8 nitrogen and oxygen atoms in total. The van der Waals surface area contributed by atoms with Crippen LogP contribution in [-0.2, 0) is 4.79 Å². The van der Waals surface area contributed by atoms with Crippen LogP contribution < -0.4 is 10.2 Å². The molecule has 5 atom stereocenters. The first-order valence-electron chi connectivity index (χ1n) is 11.0. The second kappa shape index (κ2) is 6.65. The summed E-state index contributed by atoms with van der Waals surface area (Å²) in [4.78, 5) is 25.9. The van der Waals surface area contributed by atoms with Gasteiger partial charge in [0.15, 0.2) is 0 Å². The molecule has 3 saturated carbocycles. The van der Waals surface area contributed by atoms with Crippen molar-refractivity contribution in [2.75, 3.05) is 44.2 Å². The van der Waals surface area contributed by atoms with Crippen molar-refractivity contribution in [3.8, 4) is 0 Å². The van der Waals surface area contributed by atoms with Gasteiger partial charge in [0, 0.05) is 45.2 Å². The molecule has 154 valence electrons. The number of nitrogens with zero attached hydrogens (tertiary/aromatic N) is 5. The molecule has 2 bridgehead atoms. The zero-order valence-corrected chi connectivity index (χ0v) is 16.9. The molecule has 0 spiro atoms. The fourth-order valence-corrected chi connectivity index (χ4v) is 6.46. The second-order valence-corrected chi connectivity index (χ2v) is 9.28. The molecule has 1 aliphatic heterocycles. The average molecular weight is 396 g/mol. The highest BCUT2D eigenvalue weighted by atomic mass is 16.5. The van der Waals surface area contributed by atoms with E-state index in [0.29, 0.717) is 17.5 Å². The lowest BCUT2D eigenvalue weighted by Crippen LogP contribution is -2.49. The smallest absolute Gasteiger partial charge is 0.263 e. The van der Waals surface area contributed by atoms with Crippen molar-refractivity contribution in [3.63, 3.8) is 0 Å². The van der Waals surface area contributed by atoms with Gasteiger partial charge >= 0.3 is 0 Å². The van der Waals surface area contributed by atoms with Crippen LogP contribution in [0.15, 0.2) is 10.9 Å². The number of nitrogens with one attached hydrogen (secondary N) is 1. The van der Waals surface area contributed by atoms with Gasteiger partial charge in [-0.1, -0.05) is 5.16 Å². The summed E-state index contributed by atoms with van der Waals surface area (Å²) in [6, 6.07) is 0. The average Bonchev–Trinajstić information content (AvgIpc) is 3.01. The van der Waals surface area contributed by atoms with Gasteiger partial charge < -0.3 is 14.7 Å². The maximum Gasteiger partial charge on any atom is 0.263 e. The molecule has 3 heterocycles. The van der Waals surface area contributed by atoms with Crippen LogP contribution in [0.5, 0.6) is 0 Å². The van der Waals surface area contributed by atoms with E-state index in [2.05, 4.69) is 30.2 Å². The summed E-state index contributed by atoms with van der Waals surface area (Å²) < 4.78 is 5.27. The van der Waals surface area contributed by atoms with Crippen LogP contribution in [-0.4, -0.2) is 65.2 Å². The summed E-state index contributed by atoms with van der Waals surface area (Å²) in [5, 5.41) is 8.16. The topological polar surface area (TPSA) is 87.4 Å². The van der Waals surface area contributed by atoms with E-state index in [0.717, 1.165) is 79.8 Å². The number of carbonyl (C=O) groups excluding carboxylic acids is 1. The van der Waals surface area contributed by atoms with Crippen molar-refractivity contribution in [2.24, 2.45) is 29.6 Å². The summed E-state index contributed by atoms with van der Waals surface area (Å²) in [6.07, 6.45) is 5.68. The second-order valence-electron chi connectivity index (χ2n) is 9.28. The molecular formula is C21H28N6O2. The van der Waals surface area contributed by atoms with E-state index >= 15 is 0 Å². The number of amides is 1. The summed E-state index contributed by atoms with van der Waals surface area (Å²) in [5.74, 6) is 4.74. The minimum atomic E-state index is 0.321. The third kappa shape index (κ3) is 2.83. The maximum atomic E-state index is 12.6. The number of aromatic nitrogens is 3. The lowest BCUT2D eigenvalue weighted by molar-refractivity contribution is -0.123. The molecule has 8 heteroatoms. The first-order valence-corrected chi connectivity index (χ1v) is 11.0. The SMILES string of the molecule is Cc1noc2ncnc(N3CCN(CCNC(=O)C4[C@@H]5[C@H]6CC[C@H](C6)[C@H]45)CC3)c12. The highest BCUT2D eigenvalue weighted by Gasteiger charge is 2.67. The quantitative estimate of drug-likeness (QED) is 0.819. The van der Waals surface area contributed by atoms with Crippen molar-refractivity contribution >= 4 is 22.8 Å². The highest BCUT2D eigenvalue weighted by Crippen LogP contribution is 2.69. The number of carbonyl (C=O) groups is 1. The van der Waals surface area contributed by atoms with Crippen LogP contribution in [0.3, 0.4) is 0 Å². The summed E-state index contributed by atoms with van der Waals surface area (Å²) in [6.45, 7) is 7.33. The Morgan fingerprint density at radius 2 is 1.93 bits per heavy atom. The fourth-order valence-electron chi connectivity index (χ4n) is 6.46. The molecule has 1 unspecified atom stereocenters. The maximum absolute atomic E-state index is 12.6. The van der Waals surface area contributed by atoms with Gasteiger partial charge in [-0.15, -0.1) is 0 Å². The molecule has 2 aromatic heterocycles. The number of aryl methyl sites for hydroxylation is 1. The molecule has 1 N–H and O–H groups in total. The molecule has 29 heavy (non-hydrogen) atoms. The lowest BCUT2D eigenvalue weighted by Gasteiger charge is -2.35. The minimum absolute atomic E-state index is 0.321. The standard InChI is InChI=1S/C21H28N6O2/c1-12-15-19(23-11-24-21(15)29-25-12)27-8-6-26(7-9-27)5-4-22-20(28)18-16-13-2-3-14(10-13)17(16)18/h11,13-14,16-18H,2-10H2,1H3,(H,22,28)/t13-,14+,16+,17-,18?. The van der Waals surface area contributed by atoms with Crippen LogP contribution >= 0.6 is 0 Å². The molecule has 3 aliphatic carbocycles. The zero-order chi connectivity index (χ0) is 19.5. The van der Waals surface area contributed by atoms with E-state index in [4.69, 9.17) is 4.52 Å². The van der Waals surface area contributed by atoms with E-state index in [9.17, 15) is 4.79 Å². The van der Waals surface area contributed by atoms with Crippen LogP contribution in [0.1, 0.15) is 25.0 Å². The molecular weight excluding hydrogens is 368 g/mol. The van der Waals surface area contributed by atoms with Crippen LogP contribution in [0.25, 0.3) is 11.1 Å². The minimum Gasteiger partial charge on any atom is -0.355 e. The van der Waals surface area contributed by atoms with Gasteiger partial charge in [-0.05, 0) is 49.9 Å². The Morgan fingerprint density at radius 3 is 2.69 bits per heavy atom. The molecule has 2 aromatic rings. The molecule has 1 saturated heterocycles. The van der Waals surface area contributed by atoms with E-state index in [1.54, 1.807) is 6.33 Å². The van der Waals surface area contributed by atoms with E-state index < -0.39 is 0 Å². The molecule has 4 fully saturated rings. The molecule has 6 rings (SSSR count). The zero-order valence-electron chi connectivity index (χ0n) is 16.9. The predicted molar refractivity (Wildman–Crippen MR) is 107 cm³/mol. The van der Waals surface area contributed by atoms with Gasteiger partial charge in [-0.3, -0.25) is 9.69 Å². The predicted octanol–water partition coefficient (Wildman–Crippen LogP) is 1.46. The van der Waals surface area contributed by atoms with Gasteiger partial charge in [-0.25, -0.2) is 4.98 Å². The van der Waals surface area contributed by atoms with Gasteiger partial charge in [-0.2, -0.15) is 4.98 Å². The highest BCUT2D eigenvalue weighted by molar-refractivity contribution is 5.87. The molecule has 0 aromatic carbocycles. The van der Waals surface area contributed by atoms with Crippen molar-refractivity contribution in [1.29, 1.82) is 0 Å². The van der Waals surface area contributed by atoms with E-state index in [1.165, 1.54) is 19.3 Å². The number of fused-ring (bicyclic) bond motifs is 6. The van der Waals surface area contributed by atoms with Crippen LogP contribution in [0.4, 0.5) is 5.82 Å². The largest absolute Gasteiger partial charge is 0.355 e. The van der Waals surface area contributed by atoms with Gasteiger partial charge in [0.05, 0.1) is 5.69 Å². The number of hydrogen-bond donors (Lipinski definition) is 1. The molecule has 4 aliphatic rings. The van der Waals surface area contributed by atoms with Crippen LogP contribution in [0.2, 0.25) is 0 Å². The van der Waals surface area contributed by atoms with Gasteiger partial charge in [0.1, 0.15) is 17.5 Å². The first-order chi connectivity index (χ1) is 14.2. The summed E-state index contributed by atoms with van der Waals surface area (Å²) in [5.41, 5.74) is 1.38. The van der Waals surface area contributed by atoms with E-state index in [-0.39, 0.29) is 0 Å². The Kier molecular flexibility index (Phi) is 4.04. The number of rotatable bonds is 5. The molecule has 0 radical (unpaired) electrons. The summed E-state index contributed by atoms with van der Waals surface area (Å²) in [7, 11) is 0. The van der Waals surface area contributed by atoms with Crippen LogP contribution in [0, 0.1) is 36.5 Å². The Balaban J connectivity index is 0.990. The third-order valence-electron chi connectivity index (χ3n) is 7.86. The Labute approximate surface area is 170 Å². The number of piperazine rings is 1.